The predicted octanol–water partition coefficient (Wildman–Crippen LogP) is 4.23. The van der Waals surface area contributed by atoms with Gasteiger partial charge in [-0.1, -0.05) is 38.8 Å². The average Bonchev–Trinajstić information content (AvgIpc) is 2.79. The van der Waals surface area contributed by atoms with Gasteiger partial charge in [0.1, 0.15) is 0 Å². The van der Waals surface area contributed by atoms with E-state index in [1.54, 1.807) is 0 Å². The lowest BCUT2D eigenvalue weighted by molar-refractivity contribution is 0.505. The first-order valence-electron chi connectivity index (χ1n) is 6.76. The van der Waals surface area contributed by atoms with Crippen molar-refractivity contribution in [3.8, 4) is 0 Å². The van der Waals surface area contributed by atoms with E-state index in [9.17, 15) is 0 Å². The van der Waals surface area contributed by atoms with E-state index < -0.39 is 0 Å². The van der Waals surface area contributed by atoms with Gasteiger partial charge in [-0.3, -0.25) is 4.68 Å². The molecule has 0 saturated heterocycles. The molecule has 0 saturated carbocycles. The molecule has 0 fully saturated rings. The van der Waals surface area contributed by atoms with E-state index in [2.05, 4.69) is 73.5 Å². The third-order valence-corrected chi connectivity index (χ3v) is 4.27. The third-order valence-electron chi connectivity index (χ3n) is 3.35. The van der Waals surface area contributed by atoms with E-state index >= 15 is 0 Å². The molecule has 2 aromatic rings. The monoisotopic (exact) mass is 399 g/mol. The van der Waals surface area contributed by atoms with Crippen LogP contribution in [0.4, 0.5) is 0 Å². The minimum absolute atomic E-state index is 0.351. The minimum atomic E-state index is 0.351. The molecule has 0 spiro atoms. The number of nitrogens with one attached hydrogen (secondary N) is 1. The first kappa shape index (κ1) is 15.7. The maximum atomic E-state index is 4.22. The summed E-state index contributed by atoms with van der Waals surface area (Å²) in [6.45, 7) is 3.10. The maximum Gasteiger partial charge on any atom is 0.0492 e. The Hall–Kier alpha value is -0.650. The van der Waals surface area contributed by atoms with E-state index in [-0.39, 0.29) is 0 Å². The van der Waals surface area contributed by atoms with Gasteiger partial charge in [-0.05, 0) is 49.2 Å². The Kier molecular flexibility index (Phi) is 5.81. The van der Waals surface area contributed by atoms with Crippen LogP contribution in [0, 0.1) is 0 Å². The normalized spacial score (nSPS) is 12.6. The molecule has 0 aliphatic heterocycles. The molecule has 1 unspecified atom stereocenters. The Balaban J connectivity index is 2.12. The Morgan fingerprint density at radius 3 is 2.50 bits per heavy atom. The SMILES string of the molecule is CCNC(CCc1ccnn1C)c1cc(Br)cc(Br)c1. The van der Waals surface area contributed by atoms with Crippen molar-refractivity contribution in [3.05, 3.63) is 50.7 Å². The van der Waals surface area contributed by atoms with Crippen molar-refractivity contribution in [1.82, 2.24) is 15.1 Å². The molecule has 1 atom stereocenters. The summed E-state index contributed by atoms with van der Waals surface area (Å²) in [7, 11) is 1.99. The van der Waals surface area contributed by atoms with Crippen LogP contribution in [-0.4, -0.2) is 16.3 Å². The van der Waals surface area contributed by atoms with Gasteiger partial charge in [-0.15, -0.1) is 0 Å². The van der Waals surface area contributed by atoms with Gasteiger partial charge in [0, 0.05) is 33.9 Å². The molecular formula is C15H19Br2N3. The molecule has 108 valence electrons. The zero-order valence-corrected chi connectivity index (χ0v) is 14.9. The molecule has 0 aliphatic carbocycles. The summed E-state index contributed by atoms with van der Waals surface area (Å²) in [4.78, 5) is 0. The van der Waals surface area contributed by atoms with E-state index in [4.69, 9.17) is 0 Å². The molecular weight excluding hydrogens is 382 g/mol. The zero-order chi connectivity index (χ0) is 14.5. The first-order chi connectivity index (χ1) is 9.60. The van der Waals surface area contributed by atoms with Crippen LogP contribution >= 0.6 is 31.9 Å². The minimum Gasteiger partial charge on any atom is -0.310 e. The lowest BCUT2D eigenvalue weighted by atomic mass is 10.0. The largest absolute Gasteiger partial charge is 0.310 e. The Morgan fingerprint density at radius 1 is 1.25 bits per heavy atom. The first-order valence-corrected chi connectivity index (χ1v) is 8.35. The van der Waals surface area contributed by atoms with Gasteiger partial charge in [-0.25, -0.2) is 0 Å². The molecule has 1 N–H and O–H groups in total. The van der Waals surface area contributed by atoms with E-state index in [1.165, 1.54) is 11.3 Å². The van der Waals surface area contributed by atoms with Crippen molar-refractivity contribution in [2.24, 2.45) is 7.05 Å². The Bertz CT molecular complexity index is 546. The van der Waals surface area contributed by atoms with Gasteiger partial charge in [-0.2, -0.15) is 5.10 Å². The molecule has 5 heteroatoms. The Morgan fingerprint density at radius 2 is 1.95 bits per heavy atom. The highest BCUT2D eigenvalue weighted by Crippen LogP contribution is 2.26. The fourth-order valence-corrected chi connectivity index (χ4v) is 3.68. The number of halogens is 2. The number of aryl methyl sites for hydroxylation is 2. The summed E-state index contributed by atoms with van der Waals surface area (Å²) in [5.41, 5.74) is 2.57. The highest BCUT2D eigenvalue weighted by Gasteiger charge is 2.12. The quantitative estimate of drug-likeness (QED) is 0.786. The second kappa shape index (κ2) is 7.38. The average molecular weight is 401 g/mol. The maximum absolute atomic E-state index is 4.22. The van der Waals surface area contributed by atoms with E-state index in [0.717, 1.165) is 28.3 Å². The summed E-state index contributed by atoms with van der Waals surface area (Å²) in [6, 6.07) is 8.86. The molecule has 1 aromatic carbocycles. The topological polar surface area (TPSA) is 29.9 Å². The molecule has 2 rings (SSSR count). The molecule has 0 bridgehead atoms. The number of hydrogen-bond donors (Lipinski definition) is 1. The summed E-state index contributed by atoms with van der Waals surface area (Å²) in [5, 5.41) is 7.79. The number of rotatable bonds is 6. The second-order valence-corrected chi connectivity index (χ2v) is 6.63. The van der Waals surface area contributed by atoms with Crippen LogP contribution in [0.15, 0.2) is 39.4 Å². The number of hydrogen-bond acceptors (Lipinski definition) is 2. The van der Waals surface area contributed by atoms with Crippen molar-refractivity contribution in [2.45, 2.75) is 25.8 Å². The van der Waals surface area contributed by atoms with Crippen LogP contribution in [0.1, 0.15) is 30.6 Å². The molecule has 3 nitrogen and oxygen atoms in total. The molecule has 1 heterocycles. The fraction of sp³-hybridized carbons (Fsp3) is 0.400. The lowest BCUT2D eigenvalue weighted by Gasteiger charge is -2.19. The fourth-order valence-electron chi connectivity index (χ4n) is 2.35. The van der Waals surface area contributed by atoms with Crippen LogP contribution in [0.5, 0.6) is 0 Å². The van der Waals surface area contributed by atoms with Gasteiger partial charge in [0.05, 0.1) is 0 Å². The smallest absolute Gasteiger partial charge is 0.0492 e. The molecule has 20 heavy (non-hydrogen) atoms. The van der Waals surface area contributed by atoms with Crippen LogP contribution < -0.4 is 5.32 Å². The second-order valence-electron chi connectivity index (χ2n) is 4.80. The highest BCUT2D eigenvalue weighted by molar-refractivity contribution is 9.11. The van der Waals surface area contributed by atoms with Crippen molar-refractivity contribution < 1.29 is 0 Å². The van der Waals surface area contributed by atoms with Gasteiger partial charge >= 0.3 is 0 Å². The predicted molar refractivity (Wildman–Crippen MR) is 89.8 cm³/mol. The van der Waals surface area contributed by atoms with Gasteiger partial charge < -0.3 is 5.32 Å². The number of aromatic nitrogens is 2. The summed E-state index contributed by atoms with van der Waals surface area (Å²) >= 11 is 7.12. The number of benzene rings is 1. The van der Waals surface area contributed by atoms with Gasteiger partial charge in [0.15, 0.2) is 0 Å². The van der Waals surface area contributed by atoms with Crippen LogP contribution in [0.2, 0.25) is 0 Å². The highest BCUT2D eigenvalue weighted by atomic mass is 79.9. The lowest BCUT2D eigenvalue weighted by Crippen LogP contribution is -2.22. The van der Waals surface area contributed by atoms with Crippen LogP contribution in [0.3, 0.4) is 0 Å². The summed E-state index contributed by atoms with van der Waals surface area (Å²) < 4.78 is 4.15. The van der Waals surface area contributed by atoms with E-state index in [1.807, 2.05) is 17.9 Å². The summed E-state index contributed by atoms with van der Waals surface area (Å²) in [5.74, 6) is 0. The van der Waals surface area contributed by atoms with Crippen LogP contribution in [-0.2, 0) is 13.5 Å². The van der Waals surface area contributed by atoms with Crippen molar-refractivity contribution >= 4 is 31.9 Å². The molecule has 0 aliphatic rings. The van der Waals surface area contributed by atoms with E-state index in [0.29, 0.717) is 6.04 Å². The molecule has 0 amide bonds. The zero-order valence-electron chi connectivity index (χ0n) is 11.7. The van der Waals surface area contributed by atoms with Gasteiger partial charge in [0.2, 0.25) is 0 Å². The van der Waals surface area contributed by atoms with Gasteiger partial charge in [0.25, 0.3) is 0 Å². The molecule has 1 aromatic heterocycles. The van der Waals surface area contributed by atoms with Crippen molar-refractivity contribution in [2.75, 3.05) is 6.54 Å². The third kappa shape index (κ3) is 4.17. The molecule has 0 radical (unpaired) electrons. The standard InChI is InChI=1S/C15H19Br2N3/c1-3-18-15(5-4-14-6-7-19-20(14)2)11-8-12(16)10-13(17)9-11/h6-10,15,18H,3-5H2,1-2H3. The summed E-state index contributed by atoms with van der Waals surface area (Å²) in [6.07, 6.45) is 3.92. The Labute approximate surface area is 137 Å². The van der Waals surface area contributed by atoms with Crippen molar-refractivity contribution in [3.63, 3.8) is 0 Å². The van der Waals surface area contributed by atoms with Crippen molar-refractivity contribution in [1.29, 1.82) is 0 Å². The van der Waals surface area contributed by atoms with Crippen LogP contribution in [0.25, 0.3) is 0 Å². The number of nitrogens with zero attached hydrogens (tertiary/aromatic N) is 2.